The zero-order valence-electron chi connectivity index (χ0n) is 14.5. The summed E-state index contributed by atoms with van der Waals surface area (Å²) < 4.78 is 2.11. The average Bonchev–Trinajstić information content (AvgIpc) is 3.07. The Hall–Kier alpha value is -1.25. The van der Waals surface area contributed by atoms with Crippen LogP contribution in [0.4, 0.5) is 0 Å². The van der Waals surface area contributed by atoms with Gasteiger partial charge in [0.25, 0.3) is 0 Å². The number of hydrogen-bond acceptors (Lipinski definition) is 2. The van der Waals surface area contributed by atoms with Crippen molar-refractivity contribution in [3.63, 3.8) is 0 Å². The molecule has 1 aromatic rings. The second-order valence-corrected chi connectivity index (χ2v) is 6.00. The summed E-state index contributed by atoms with van der Waals surface area (Å²) in [6, 6.07) is 4.41. The molecular formula is C17H30IN5O. The van der Waals surface area contributed by atoms with E-state index in [1.54, 1.807) is 7.05 Å². The smallest absolute Gasteiger partial charge is 0.221 e. The first kappa shape index (κ1) is 20.8. The van der Waals surface area contributed by atoms with Crippen molar-refractivity contribution in [2.45, 2.75) is 51.1 Å². The maximum atomic E-state index is 11.9. The molecule has 0 spiro atoms. The SMILES string of the molecule is CN=C(NCCC(=O)NC1CCCCC1)NCCn1cccc1.I. The van der Waals surface area contributed by atoms with E-state index in [1.165, 1.54) is 19.3 Å². The van der Waals surface area contributed by atoms with E-state index in [0.29, 0.717) is 19.0 Å². The summed E-state index contributed by atoms with van der Waals surface area (Å²) in [5, 5.41) is 9.57. The first-order valence-corrected chi connectivity index (χ1v) is 8.62. The average molecular weight is 447 g/mol. The summed E-state index contributed by atoms with van der Waals surface area (Å²) in [6.45, 7) is 2.28. The molecule has 1 heterocycles. The molecule has 1 aliphatic carbocycles. The Balaban J connectivity index is 0.00000288. The van der Waals surface area contributed by atoms with E-state index < -0.39 is 0 Å². The second-order valence-electron chi connectivity index (χ2n) is 6.00. The highest BCUT2D eigenvalue weighted by molar-refractivity contribution is 14.0. The van der Waals surface area contributed by atoms with E-state index >= 15 is 0 Å². The third kappa shape index (κ3) is 8.03. The fourth-order valence-corrected chi connectivity index (χ4v) is 2.88. The summed E-state index contributed by atoms with van der Waals surface area (Å²) in [5.74, 6) is 0.870. The fourth-order valence-electron chi connectivity index (χ4n) is 2.88. The van der Waals surface area contributed by atoms with Gasteiger partial charge in [0.1, 0.15) is 0 Å². The van der Waals surface area contributed by atoms with E-state index in [-0.39, 0.29) is 29.9 Å². The summed E-state index contributed by atoms with van der Waals surface area (Å²) in [4.78, 5) is 16.1. The Morgan fingerprint density at radius 3 is 2.46 bits per heavy atom. The van der Waals surface area contributed by atoms with Gasteiger partial charge in [-0.3, -0.25) is 9.79 Å². The molecule has 1 fully saturated rings. The molecule has 24 heavy (non-hydrogen) atoms. The molecule has 1 saturated carbocycles. The Labute approximate surface area is 161 Å². The lowest BCUT2D eigenvalue weighted by Crippen LogP contribution is -2.42. The quantitative estimate of drug-likeness (QED) is 0.341. The van der Waals surface area contributed by atoms with Crippen LogP contribution in [0.5, 0.6) is 0 Å². The normalized spacial score (nSPS) is 15.5. The molecule has 0 saturated heterocycles. The minimum Gasteiger partial charge on any atom is -0.356 e. The minimum atomic E-state index is 0. The van der Waals surface area contributed by atoms with Gasteiger partial charge in [-0.15, -0.1) is 24.0 Å². The number of hydrogen-bond donors (Lipinski definition) is 3. The number of nitrogens with one attached hydrogen (secondary N) is 3. The van der Waals surface area contributed by atoms with Crippen molar-refractivity contribution < 1.29 is 4.79 Å². The van der Waals surface area contributed by atoms with Crippen LogP contribution < -0.4 is 16.0 Å². The lowest BCUT2D eigenvalue weighted by atomic mass is 9.95. The van der Waals surface area contributed by atoms with Crippen LogP contribution in [-0.4, -0.2) is 42.6 Å². The molecule has 3 N–H and O–H groups in total. The zero-order valence-corrected chi connectivity index (χ0v) is 16.8. The van der Waals surface area contributed by atoms with E-state index in [2.05, 4.69) is 25.5 Å². The summed E-state index contributed by atoms with van der Waals surface area (Å²) >= 11 is 0. The Morgan fingerprint density at radius 2 is 1.79 bits per heavy atom. The lowest BCUT2D eigenvalue weighted by molar-refractivity contribution is -0.121. The van der Waals surface area contributed by atoms with E-state index in [9.17, 15) is 4.79 Å². The van der Waals surface area contributed by atoms with Gasteiger partial charge in [-0.2, -0.15) is 0 Å². The van der Waals surface area contributed by atoms with Crippen molar-refractivity contribution in [1.29, 1.82) is 0 Å². The van der Waals surface area contributed by atoms with Gasteiger partial charge in [-0.1, -0.05) is 19.3 Å². The van der Waals surface area contributed by atoms with Crippen molar-refractivity contribution in [3.05, 3.63) is 24.5 Å². The van der Waals surface area contributed by atoms with E-state index in [1.807, 2.05) is 24.5 Å². The molecule has 0 aromatic carbocycles. The molecule has 136 valence electrons. The lowest BCUT2D eigenvalue weighted by Gasteiger charge is -2.22. The van der Waals surface area contributed by atoms with Crippen molar-refractivity contribution in [2.24, 2.45) is 4.99 Å². The van der Waals surface area contributed by atoms with Gasteiger partial charge in [-0.05, 0) is 25.0 Å². The number of rotatable bonds is 7. The topological polar surface area (TPSA) is 70.4 Å². The van der Waals surface area contributed by atoms with Crippen LogP contribution in [0.25, 0.3) is 0 Å². The number of carbonyl (C=O) groups excluding carboxylic acids is 1. The van der Waals surface area contributed by atoms with Gasteiger partial charge in [-0.25, -0.2) is 0 Å². The maximum Gasteiger partial charge on any atom is 0.221 e. The highest BCUT2D eigenvalue weighted by Gasteiger charge is 2.15. The molecule has 0 radical (unpaired) electrons. The number of guanidine groups is 1. The highest BCUT2D eigenvalue weighted by atomic mass is 127. The number of nitrogens with zero attached hydrogens (tertiary/aromatic N) is 2. The van der Waals surface area contributed by atoms with Gasteiger partial charge in [0.05, 0.1) is 0 Å². The summed E-state index contributed by atoms with van der Waals surface area (Å²) in [5.41, 5.74) is 0. The molecule has 7 heteroatoms. The summed E-state index contributed by atoms with van der Waals surface area (Å²) in [6.07, 6.45) is 10.6. The third-order valence-electron chi connectivity index (χ3n) is 4.17. The van der Waals surface area contributed by atoms with Crippen molar-refractivity contribution in [3.8, 4) is 0 Å². The Kier molecular flexibility index (Phi) is 10.5. The van der Waals surface area contributed by atoms with Gasteiger partial charge < -0.3 is 20.5 Å². The van der Waals surface area contributed by atoms with Gasteiger partial charge in [0.2, 0.25) is 5.91 Å². The fraction of sp³-hybridized carbons (Fsp3) is 0.647. The molecule has 0 atom stereocenters. The van der Waals surface area contributed by atoms with Gasteiger partial charge in [0, 0.05) is 51.5 Å². The van der Waals surface area contributed by atoms with Crippen LogP contribution in [0.15, 0.2) is 29.5 Å². The molecule has 0 unspecified atom stereocenters. The van der Waals surface area contributed by atoms with E-state index in [0.717, 1.165) is 31.9 Å². The van der Waals surface area contributed by atoms with Crippen LogP contribution in [0.1, 0.15) is 38.5 Å². The summed E-state index contributed by atoms with van der Waals surface area (Å²) in [7, 11) is 1.74. The monoisotopic (exact) mass is 447 g/mol. The zero-order chi connectivity index (χ0) is 16.3. The first-order chi connectivity index (χ1) is 11.3. The molecule has 6 nitrogen and oxygen atoms in total. The molecule has 0 aliphatic heterocycles. The number of halogens is 1. The van der Waals surface area contributed by atoms with Crippen LogP contribution in [0, 0.1) is 0 Å². The molecule has 0 bridgehead atoms. The molecule has 1 aromatic heterocycles. The second kappa shape index (κ2) is 12.2. The van der Waals surface area contributed by atoms with Crippen molar-refractivity contribution in [1.82, 2.24) is 20.5 Å². The van der Waals surface area contributed by atoms with Gasteiger partial charge in [0.15, 0.2) is 5.96 Å². The third-order valence-corrected chi connectivity index (χ3v) is 4.17. The predicted molar refractivity (Wildman–Crippen MR) is 109 cm³/mol. The predicted octanol–water partition coefficient (Wildman–Crippen LogP) is 2.11. The van der Waals surface area contributed by atoms with Crippen LogP contribution in [0.3, 0.4) is 0 Å². The van der Waals surface area contributed by atoms with Crippen molar-refractivity contribution in [2.75, 3.05) is 20.1 Å². The maximum absolute atomic E-state index is 11.9. The molecule has 1 amide bonds. The molecule has 2 rings (SSSR count). The Morgan fingerprint density at radius 1 is 1.12 bits per heavy atom. The van der Waals surface area contributed by atoms with Crippen LogP contribution in [0.2, 0.25) is 0 Å². The van der Waals surface area contributed by atoms with Crippen LogP contribution in [-0.2, 0) is 11.3 Å². The number of aromatic nitrogens is 1. The highest BCUT2D eigenvalue weighted by Crippen LogP contribution is 2.17. The number of aliphatic imine (C=N–C) groups is 1. The minimum absolute atomic E-state index is 0. The number of amides is 1. The van der Waals surface area contributed by atoms with Crippen molar-refractivity contribution >= 4 is 35.8 Å². The largest absolute Gasteiger partial charge is 0.356 e. The molecular weight excluding hydrogens is 417 g/mol. The Bertz CT molecular complexity index is 483. The first-order valence-electron chi connectivity index (χ1n) is 8.62. The molecule has 1 aliphatic rings. The standard InChI is InChI=1S/C17H29N5O.HI/c1-18-17(20-11-14-22-12-5-6-13-22)19-10-9-16(23)21-15-7-3-2-4-8-15;/h5-6,12-13,15H,2-4,7-11,14H2,1H3,(H,21,23)(H2,18,19,20);1H. The van der Waals surface area contributed by atoms with E-state index in [4.69, 9.17) is 0 Å². The van der Waals surface area contributed by atoms with Gasteiger partial charge >= 0.3 is 0 Å². The number of carbonyl (C=O) groups is 1. The van der Waals surface area contributed by atoms with Crippen LogP contribution >= 0.6 is 24.0 Å².